The van der Waals surface area contributed by atoms with Crippen molar-refractivity contribution in [2.45, 2.75) is 51.4 Å². The maximum atomic E-state index is 9.65. The molecule has 6 aliphatic rings. The van der Waals surface area contributed by atoms with Gasteiger partial charge in [-0.1, -0.05) is 0 Å². The molecule has 27 heavy (non-hydrogen) atoms. The highest BCUT2D eigenvalue weighted by atomic mass is 16.5. The number of fused-ring (bicyclic) bond motifs is 10. The first-order valence-corrected chi connectivity index (χ1v) is 12.1. The summed E-state index contributed by atoms with van der Waals surface area (Å²) in [5, 5.41) is 19.3. The number of aliphatic hydroxyl groups is 2. The number of rotatable bonds is 6. The standard InChI is InChI=1S/C24H38O3/c25-9-17-5-15-7-21(17)19-3-1-13(23(15)19)11-27-12-14-2-4-20-22-8-16(24(14)20)6-18(22)10-26/h13-26H,1-12H2. The maximum Gasteiger partial charge on any atom is 0.0497 e. The molecular formula is C24H38O3. The van der Waals surface area contributed by atoms with E-state index >= 15 is 0 Å². The van der Waals surface area contributed by atoms with E-state index in [1.165, 1.54) is 51.4 Å². The summed E-state index contributed by atoms with van der Waals surface area (Å²) in [5.74, 6) is 9.95. The highest BCUT2D eigenvalue weighted by Gasteiger charge is 2.58. The van der Waals surface area contributed by atoms with Crippen LogP contribution in [0.15, 0.2) is 0 Å². The Morgan fingerprint density at radius 1 is 0.556 bits per heavy atom. The van der Waals surface area contributed by atoms with E-state index in [4.69, 9.17) is 4.74 Å². The van der Waals surface area contributed by atoms with Gasteiger partial charge in [-0.3, -0.25) is 0 Å². The van der Waals surface area contributed by atoms with Crippen LogP contribution in [0.2, 0.25) is 0 Å². The summed E-state index contributed by atoms with van der Waals surface area (Å²) in [4.78, 5) is 0. The number of hydrogen-bond donors (Lipinski definition) is 2. The van der Waals surface area contributed by atoms with Crippen LogP contribution in [0.3, 0.4) is 0 Å². The first-order chi connectivity index (χ1) is 13.3. The normalized spacial score (nSPS) is 57.6. The Morgan fingerprint density at radius 2 is 1.04 bits per heavy atom. The minimum Gasteiger partial charge on any atom is -0.396 e. The Kier molecular flexibility index (Phi) is 4.40. The molecule has 0 spiro atoms. The van der Waals surface area contributed by atoms with E-state index in [1.54, 1.807) is 0 Å². The molecule has 3 heteroatoms. The van der Waals surface area contributed by atoms with Crippen molar-refractivity contribution in [1.29, 1.82) is 0 Å². The van der Waals surface area contributed by atoms with E-state index in [-0.39, 0.29) is 0 Å². The van der Waals surface area contributed by atoms with Crippen molar-refractivity contribution in [3.63, 3.8) is 0 Å². The molecule has 12 atom stereocenters. The van der Waals surface area contributed by atoms with E-state index in [9.17, 15) is 10.2 Å². The van der Waals surface area contributed by atoms with Crippen LogP contribution in [-0.2, 0) is 4.74 Å². The Morgan fingerprint density at radius 3 is 1.48 bits per heavy atom. The molecule has 0 saturated heterocycles. The van der Waals surface area contributed by atoms with Gasteiger partial charge in [0.2, 0.25) is 0 Å². The molecule has 2 N–H and O–H groups in total. The van der Waals surface area contributed by atoms with Gasteiger partial charge in [-0.25, -0.2) is 0 Å². The van der Waals surface area contributed by atoms with Gasteiger partial charge in [0.1, 0.15) is 0 Å². The lowest BCUT2D eigenvalue weighted by molar-refractivity contribution is 0.0195. The lowest BCUT2D eigenvalue weighted by atomic mass is 9.73. The van der Waals surface area contributed by atoms with Gasteiger partial charge in [0, 0.05) is 26.4 Å². The average molecular weight is 375 g/mol. The highest BCUT2D eigenvalue weighted by Crippen LogP contribution is 2.64. The SMILES string of the molecule is OCC1CC2CC1C1CCC(COCC3CCC4C5CC(CC5CO)C34)C21. The van der Waals surface area contributed by atoms with Crippen molar-refractivity contribution >= 4 is 0 Å². The summed E-state index contributed by atoms with van der Waals surface area (Å²) in [5.41, 5.74) is 0. The molecule has 0 aromatic rings. The third-order valence-corrected chi connectivity index (χ3v) is 10.7. The van der Waals surface area contributed by atoms with Crippen molar-refractivity contribution in [2.24, 2.45) is 71.0 Å². The molecule has 12 unspecified atom stereocenters. The number of hydrogen-bond acceptors (Lipinski definition) is 3. The Balaban J connectivity index is 1.02. The average Bonchev–Trinajstić information content (AvgIpc) is 3.48. The third kappa shape index (κ3) is 2.56. The minimum absolute atomic E-state index is 0.426. The van der Waals surface area contributed by atoms with E-state index in [0.29, 0.717) is 25.0 Å². The molecular weight excluding hydrogens is 336 g/mol. The molecule has 6 saturated carbocycles. The topological polar surface area (TPSA) is 49.7 Å². The molecule has 6 aliphatic carbocycles. The zero-order valence-corrected chi connectivity index (χ0v) is 16.7. The predicted molar refractivity (Wildman–Crippen MR) is 104 cm³/mol. The van der Waals surface area contributed by atoms with Crippen LogP contribution in [-0.4, -0.2) is 36.6 Å². The second kappa shape index (κ2) is 6.71. The fourth-order valence-electron chi connectivity index (χ4n) is 10.0. The van der Waals surface area contributed by atoms with Crippen LogP contribution in [0.1, 0.15) is 51.4 Å². The fourth-order valence-corrected chi connectivity index (χ4v) is 10.0. The second-order valence-corrected chi connectivity index (χ2v) is 11.4. The predicted octanol–water partition coefficient (Wildman–Crippen LogP) is 3.58. The van der Waals surface area contributed by atoms with Gasteiger partial charge in [-0.2, -0.15) is 0 Å². The van der Waals surface area contributed by atoms with Gasteiger partial charge in [0.05, 0.1) is 0 Å². The first kappa shape index (κ1) is 17.7. The Hall–Kier alpha value is -0.120. The lowest BCUT2D eigenvalue weighted by Gasteiger charge is -2.34. The van der Waals surface area contributed by atoms with E-state index in [1.807, 2.05) is 0 Å². The van der Waals surface area contributed by atoms with Gasteiger partial charge in [-0.15, -0.1) is 0 Å². The molecule has 4 bridgehead atoms. The highest BCUT2D eigenvalue weighted by molar-refractivity contribution is 5.06. The summed E-state index contributed by atoms with van der Waals surface area (Å²) in [6.07, 6.45) is 10.9. The van der Waals surface area contributed by atoms with Crippen LogP contribution in [0.25, 0.3) is 0 Å². The van der Waals surface area contributed by atoms with E-state index in [2.05, 4.69) is 0 Å². The molecule has 152 valence electrons. The van der Waals surface area contributed by atoms with Crippen LogP contribution in [0, 0.1) is 71.0 Å². The molecule has 6 fully saturated rings. The summed E-state index contributed by atoms with van der Waals surface area (Å²) in [6.45, 7) is 2.87. The molecule has 0 aliphatic heterocycles. The van der Waals surface area contributed by atoms with E-state index < -0.39 is 0 Å². The number of aliphatic hydroxyl groups excluding tert-OH is 2. The van der Waals surface area contributed by atoms with Crippen LogP contribution < -0.4 is 0 Å². The van der Waals surface area contributed by atoms with Crippen molar-refractivity contribution in [3.05, 3.63) is 0 Å². The summed E-state index contributed by atoms with van der Waals surface area (Å²) < 4.78 is 6.44. The van der Waals surface area contributed by atoms with Gasteiger partial charge in [-0.05, 0) is 122 Å². The zero-order chi connectivity index (χ0) is 18.1. The molecule has 0 aromatic carbocycles. The monoisotopic (exact) mass is 374 g/mol. The van der Waals surface area contributed by atoms with Gasteiger partial charge in [0.15, 0.2) is 0 Å². The van der Waals surface area contributed by atoms with Crippen LogP contribution >= 0.6 is 0 Å². The maximum absolute atomic E-state index is 9.65. The zero-order valence-electron chi connectivity index (χ0n) is 16.7. The summed E-state index contributed by atoms with van der Waals surface area (Å²) in [7, 11) is 0. The third-order valence-electron chi connectivity index (χ3n) is 10.7. The minimum atomic E-state index is 0.426. The Labute approximate surface area is 164 Å². The van der Waals surface area contributed by atoms with Crippen molar-refractivity contribution in [1.82, 2.24) is 0 Å². The summed E-state index contributed by atoms with van der Waals surface area (Å²) >= 11 is 0. The summed E-state index contributed by atoms with van der Waals surface area (Å²) in [6, 6.07) is 0. The van der Waals surface area contributed by atoms with E-state index in [0.717, 1.165) is 72.4 Å². The van der Waals surface area contributed by atoms with Gasteiger partial charge < -0.3 is 14.9 Å². The van der Waals surface area contributed by atoms with Gasteiger partial charge >= 0.3 is 0 Å². The van der Waals surface area contributed by atoms with Crippen LogP contribution in [0.4, 0.5) is 0 Å². The number of ether oxygens (including phenoxy) is 1. The van der Waals surface area contributed by atoms with Crippen molar-refractivity contribution < 1.29 is 14.9 Å². The molecule has 3 nitrogen and oxygen atoms in total. The smallest absolute Gasteiger partial charge is 0.0497 e. The van der Waals surface area contributed by atoms with Crippen LogP contribution in [0.5, 0.6) is 0 Å². The molecule has 0 heterocycles. The molecule has 0 radical (unpaired) electrons. The second-order valence-electron chi connectivity index (χ2n) is 11.4. The largest absolute Gasteiger partial charge is 0.396 e. The molecule has 0 aromatic heterocycles. The Bertz CT molecular complexity index is 512. The quantitative estimate of drug-likeness (QED) is 0.747. The van der Waals surface area contributed by atoms with Gasteiger partial charge in [0.25, 0.3) is 0 Å². The fraction of sp³-hybridized carbons (Fsp3) is 1.00. The van der Waals surface area contributed by atoms with Crippen molar-refractivity contribution in [2.75, 3.05) is 26.4 Å². The molecule has 0 amide bonds. The van der Waals surface area contributed by atoms with Crippen molar-refractivity contribution in [3.8, 4) is 0 Å². The first-order valence-electron chi connectivity index (χ1n) is 12.1. The molecule has 6 rings (SSSR count). The lowest BCUT2D eigenvalue weighted by Crippen LogP contribution is -2.32.